The number of amides is 1. The van der Waals surface area contributed by atoms with Crippen LogP contribution in [0.3, 0.4) is 0 Å². The summed E-state index contributed by atoms with van der Waals surface area (Å²) in [6, 6.07) is 12.9. The quantitative estimate of drug-likeness (QED) is 0.725. The van der Waals surface area contributed by atoms with E-state index in [9.17, 15) is 9.59 Å². The monoisotopic (exact) mass is 378 g/mol. The maximum Gasteiger partial charge on any atom is 0.307 e. The van der Waals surface area contributed by atoms with Crippen LogP contribution in [0.15, 0.2) is 42.5 Å². The summed E-state index contributed by atoms with van der Waals surface area (Å²) in [5, 5.41) is 9.52. The number of anilines is 1. The van der Waals surface area contributed by atoms with Gasteiger partial charge in [-0.15, -0.1) is 0 Å². The van der Waals surface area contributed by atoms with Gasteiger partial charge in [-0.05, 0) is 28.8 Å². The molecule has 7 heteroatoms. The molecule has 0 fully saturated rings. The zero-order valence-electron chi connectivity index (χ0n) is 15.8. The van der Waals surface area contributed by atoms with Gasteiger partial charge in [-0.2, -0.15) is 0 Å². The molecule has 144 valence electrons. The van der Waals surface area contributed by atoms with Gasteiger partial charge in [0.25, 0.3) is 5.91 Å². The summed E-state index contributed by atoms with van der Waals surface area (Å²) in [4.78, 5) is 34.1. The van der Waals surface area contributed by atoms with Crippen LogP contribution in [0, 0.1) is 0 Å². The van der Waals surface area contributed by atoms with Crippen LogP contribution in [0.2, 0.25) is 0 Å². The Bertz CT molecular complexity index is 1020. The summed E-state index contributed by atoms with van der Waals surface area (Å²) >= 11 is 0. The first-order chi connectivity index (χ1) is 13.5. The number of aliphatic carboxylic acids is 1. The Morgan fingerprint density at radius 1 is 1.07 bits per heavy atom. The van der Waals surface area contributed by atoms with Crippen LogP contribution in [0.1, 0.15) is 41.0 Å². The number of nitrogens with zero attached hydrogens (tertiary/aromatic N) is 3. The molecule has 0 unspecified atom stereocenters. The Hall–Kier alpha value is -3.48. The number of hydrogen-bond donors (Lipinski definition) is 2. The molecular weight excluding hydrogens is 356 g/mol. The SMILES string of the molecule is CC.Nc1nc(C(=O)N2Cc3ccccc3C2)c2cc(CC(=O)O)ccc2n1. The zero-order valence-corrected chi connectivity index (χ0v) is 15.8. The number of carbonyl (C=O) groups is 2. The van der Waals surface area contributed by atoms with E-state index in [4.69, 9.17) is 10.8 Å². The number of aromatic nitrogens is 2. The van der Waals surface area contributed by atoms with Crippen LogP contribution < -0.4 is 5.73 Å². The van der Waals surface area contributed by atoms with E-state index in [-0.39, 0.29) is 24.0 Å². The van der Waals surface area contributed by atoms with Crippen molar-refractivity contribution in [3.63, 3.8) is 0 Å². The van der Waals surface area contributed by atoms with Crippen molar-refractivity contribution in [1.82, 2.24) is 14.9 Å². The van der Waals surface area contributed by atoms with Gasteiger partial charge in [-0.25, -0.2) is 9.97 Å². The Kier molecular flexibility index (Phi) is 5.54. The van der Waals surface area contributed by atoms with Crippen LogP contribution >= 0.6 is 0 Å². The zero-order chi connectivity index (χ0) is 20.3. The highest BCUT2D eigenvalue weighted by Crippen LogP contribution is 2.26. The van der Waals surface area contributed by atoms with Crippen molar-refractivity contribution < 1.29 is 14.7 Å². The number of carboxylic acids is 1. The molecule has 0 saturated carbocycles. The van der Waals surface area contributed by atoms with Gasteiger partial charge in [0, 0.05) is 18.5 Å². The van der Waals surface area contributed by atoms with Crippen molar-refractivity contribution in [2.24, 2.45) is 0 Å². The Labute approximate surface area is 162 Å². The highest BCUT2D eigenvalue weighted by Gasteiger charge is 2.26. The fourth-order valence-corrected chi connectivity index (χ4v) is 3.27. The lowest BCUT2D eigenvalue weighted by Crippen LogP contribution is -2.27. The van der Waals surface area contributed by atoms with Crippen LogP contribution in [-0.2, 0) is 24.3 Å². The number of nitrogen functional groups attached to an aromatic ring is 1. The lowest BCUT2D eigenvalue weighted by Gasteiger charge is -2.16. The molecule has 28 heavy (non-hydrogen) atoms. The third-order valence-corrected chi connectivity index (χ3v) is 4.46. The summed E-state index contributed by atoms with van der Waals surface area (Å²) in [6.07, 6.45) is -0.136. The molecule has 1 aromatic heterocycles. The van der Waals surface area contributed by atoms with Crippen molar-refractivity contribution in [2.75, 3.05) is 5.73 Å². The molecule has 4 rings (SSSR count). The lowest BCUT2D eigenvalue weighted by molar-refractivity contribution is -0.136. The van der Waals surface area contributed by atoms with Gasteiger partial charge in [0.1, 0.15) is 5.69 Å². The van der Waals surface area contributed by atoms with E-state index in [1.807, 2.05) is 38.1 Å². The van der Waals surface area contributed by atoms with Crippen LogP contribution in [0.4, 0.5) is 5.95 Å². The van der Waals surface area contributed by atoms with E-state index in [0.717, 1.165) is 11.1 Å². The van der Waals surface area contributed by atoms with Crippen molar-refractivity contribution >= 4 is 28.7 Å². The lowest BCUT2D eigenvalue weighted by atomic mass is 10.1. The summed E-state index contributed by atoms with van der Waals surface area (Å²) in [5.74, 6) is -1.17. The number of rotatable bonds is 3. The molecule has 0 atom stereocenters. The standard InChI is InChI=1S/C19H16N4O3.C2H6/c20-19-21-15-6-5-11(8-16(24)25)7-14(15)17(22-19)18(26)23-9-12-3-1-2-4-13(12)10-23;1-2/h1-7H,8-10H2,(H,24,25)(H2,20,21,22);1-2H3. The minimum atomic E-state index is -0.941. The average molecular weight is 378 g/mol. The summed E-state index contributed by atoms with van der Waals surface area (Å²) in [5.41, 5.74) is 9.30. The predicted octanol–water partition coefficient (Wildman–Crippen LogP) is 3.02. The van der Waals surface area contributed by atoms with Gasteiger partial charge in [0.05, 0.1) is 11.9 Å². The first-order valence-electron chi connectivity index (χ1n) is 9.15. The van der Waals surface area contributed by atoms with E-state index in [0.29, 0.717) is 29.6 Å². The largest absolute Gasteiger partial charge is 0.481 e. The number of hydrogen-bond acceptors (Lipinski definition) is 5. The molecule has 2 heterocycles. The third kappa shape index (κ3) is 3.78. The van der Waals surface area contributed by atoms with E-state index in [1.54, 1.807) is 23.1 Å². The minimum Gasteiger partial charge on any atom is -0.481 e. The van der Waals surface area contributed by atoms with Crippen molar-refractivity contribution in [2.45, 2.75) is 33.4 Å². The number of fused-ring (bicyclic) bond motifs is 2. The van der Waals surface area contributed by atoms with Crippen molar-refractivity contribution in [3.8, 4) is 0 Å². The minimum absolute atomic E-state index is 0.0172. The summed E-state index contributed by atoms with van der Waals surface area (Å²) < 4.78 is 0. The van der Waals surface area contributed by atoms with Crippen LogP contribution in [-0.4, -0.2) is 31.9 Å². The van der Waals surface area contributed by atoms with Gasteiger partial charge in [0.15, 0.2) is 0 Å². The predicted molar refractivity (Wildman–Crippen MR) is 107 cm³/mol. The third-order valence-electron chi connectivity index (χ3n) is 4.46. The summed E-state index contributed by atoms with van der Waals surface area (Å²) in [7, 11) is 0. The molecule has 0 bridgehead atoms. The molecule has 3 aromatic rings. The maximum absolute atomic E-state index is 13.1. The Balaban J connectivity index is 0.00000109. The number of carboxylic acid groups (broad SMARTS) is 1. The first-order valence-corrected chi connectivity index (χ1v) is 9.15. The van der Waals surface area contributed by atoms with E-state index in [2.05, 4.69) is 9.97 Å². The molecule has 0 saturated heterocycles. The molecule has 1 aliphatic heterocycles. The van der Waals surface area contributed by atoms with Gasteiger partial charge in [-0.1, -0.05) is 44.2 Å². The van der Waals surface area contributed by atoms with E-state index < -0.39 is 5.97 Å². The molecule has 1 aliphatic rings. The van der Waals surface area contributed by atoms with Crippen LogP contribution in [0.5, 0.6) is 0 Å². The summed E-state index contributed by atoms with van der Waals surface area (Å²) in [6.45, 7) is 5.02. The fourth-order valence-electron chi connectivity index (χ4n) is 3.27. The van der Waals surface area contributed by atoms with Crippen molar-refractivity contribution in [3.05, 3.63) is 64.8 Å². The normalized spacial score (nSPS) is 12.3. The van der Waals surface area contributed by atoms with Gasteiger partial charge in [0.2, 0.25) is 5.95 Å². The smallest absolute Gasteiger partial charge is 0.307 e. The molecule has 2 aromatic carbocycles. The van der Waals surface area contributed by atoms with Crippen LogP contribution in [0.25, 0.3) is 10.9 Å². The second-order valence-electron chi connectivity index (χ2n) is 6.28. The fraction of sp³-hybridized carbons (Fsp3) is 0.238. The topological polar surface area (TPSA) is 109 Å². The molecule has 1 amide bonds. The van der Waals surface area contributed by atoms with E-state index in [1.165, 1.54) is 0 Å². The molecule has 7 nitrogen and oxygen atoms in total. The second kappa shape index (κ2) is 8.04. The van der Waals surface area contributed by atoms with Gasteiger partial charge < -0.3 is 15.7 Å². The number of nitrogens with two attached hydrogens (primary N) is 1. The molecular formula is C21H22N4O3. The van der Waals surface area contributed by atoms with Gasteiger partial charge >= 0.3 is 5.97 Å². The Morgan fingerprint density at radius 2 is 1.71 bits per heavy atom. The molecule has 3 N–H and O–H groups in total. The van der Waals surface area contributed by atoms with E-state index >= 15 is 0 Å². The van der Waals surface area contributed by atoms with Crippen molar-refractivity contribution in [1.29, 1.82) is 0 Å². The average Bonchev–Trinajstić information content (AvgIpc) is 3.12. The molecule has 0 radical (unpaired) electrons. The maximum atomic E-state index is 13.1. The number of carbonyl (C=O) groups excluding carboxylic acids is 1. The second-order valence-corrected chi connectivity index (χ2v) is 6.28. The first kappa shape index (κ1) is 19.3. The number of benzene rings is 2. The highest BCUT2D eigenvalue weighted by atomic mass is 16.4. The highest BCUT2D eigenvalue weighted by molar-refractivity contribution is 6.05. The Morgan fingerprint density at radius 3 is 2.32 bits per heavy atom. The van der Waals surface area contributed by atoms with Gasteiger partial charge in [-0.3, -0.25) is 9.59 Å². The molecule has 0 spiro atoms. The molecule has 0 aliphatic carbocycles.